The molecule has 0 saturated carbocycles. The fraction of sp³-hybridized carbons (Fsp3) is 0.300. The van der Waals surface area contributed by atoms with Crippen LogP contribution < -0.4 is 4.90 Å². The predicted molar refractivity (Wildman–Crippen MR) is 111 cm³/mol. The largest absolute Gasteiger partial charge is 0.308 e. The fourth-order valence-electron chi connectivity index (χ4n) is 2.81. The summed E-state index contributed by atoms with van der Waals surface area (Å²) >= 11 is 7.53. The number of hydrogen-bond acceptors (Lipinski definition) is 4. The molecule has 0 bridgehead atoms. The molecule has 1 heterocycles. The standard InChI is InChI=1S/C20H22ClN3OS/c1-13-11-14(2)18-17(12-13)22-20(26-18)24(10-9-23(3)4)19(25)15-5-7-16(21)8-6-15/h5-8,11-12H,9-10H2,1-4H3. The maximum absolute atomic E-state index is 13.1. The highest BCUT2D eigenvalue weighted by molar-refractivity contribution is 7.22. The summed E-state index contributed by atoms with van der Waals surface area (Å²) in [4.78, 5) is 21.7. The van der Waals surface area contributed by atoms with Crippen molar-refractivity contribution in [3.05, 3.63) is 58.1 Å². The van der Waals surface area contributed by atoms with Gasteiger partial charge in [-0.25, -0.2) is 4.98 Å². The number of anilines is 1. The zero-order chi connectivity index (χ0) is 18.8. The molecule has 1 amide bonds. The van der Waals surface area contributed by atoms with E-state index in [2.05, 4.69) is 30.9 Å². The Hall–Kier alpha value is -1.95. The van der Waals surface area contributed by atoms with E-state index in [-0.39, 0.29) is 5.91 Å². The molecular weight excluding hydrogens is 366 g/mol. The van der Waals surface area contributed by atoms with Gasteiger partial charge in [0.05, 0.1) is 10.2 Å². The molecule has 0 unspecified atom stereocenters. The molecule has 0 saturated heterocycles. The van der Waals surface area contributed by atoms with Crippen LogP contribution >= 0.6 is 22.9 Å². The zero-order valence-corrected chi connectivity index (χ0v) is 17.0. The van der Waals surface area contributed by atoms with Gasteiger partial charge in [-0.1, -0.05) is 29.0 Å². The number of nitrogens with zero attached hydrogens (tertiary/aromatic N) is 3. The first-order valence-electron chi connectivity index (χ1n) is 8.45. The third kappa shape index (κ3) is 4.06. The highest BCUT2D eigenvalue weighted by atomic mass is 35.5. The summed E-state index contributed by atoms with van der Waals surface area (Å²) in [6.07, 6.45) is 0. The van der Waals surface area contributed by atoms with Gasteiger partial charge in [0.15, 0.2) is 5.13 Å². The van der Waals surface area contributed by atoms with Crippen molar-refractivity contribution in [1.82, 2.24) is 9.88 Å². The third-order valence-electron chi connectivity index (χ3n) is 4.15. The van der Waals surface area contributed by atoms with Gasteiger partial charge >= 0.3 is 0 Å². The molecule has 4 nitrogen and oxygen atoms in total. The van der Waals surface area contributed by atoms with Gasteiger partial charge in [0.1, 0.15) is 0 Å². The SMILES string of the molecule is Cc1cc(C)c2sc(N(CCN(C)C)C(=O)c3ccc(Cl)cc3)nc2c1. The Bertz CT molecular complexity index is 934. The lowest BCUT2D eigenvalue weighted by Gasteiger charge is -2.22. The summed E-state index contributed by atoms with van der Waals surface area (Å²) < 4.78 is 1.13. The number of carbonyl (C=O) groups excluding carboxylic acids is 1. The Balaban J connectivity index is 2.01. The van der Waals surface area contributed by atoms with Crippen LogP contribution in [-0.2, 0) is 0 Å². The predicted octanol–water partition coefficient (Wildman–Crippen LogP) is 4.77. The highest BCUT2D eigenvalue weighted by Gasteiger charge is 2.22. The Morgan fingerprint density at radius 3 is 2.46 bits per heavy atom. The van der Waals surface area contributed by atoms with Gasteiger partial charge in [-0.05, 0) is 69.4 Å². The molecule has 0 aliphatic carbocycles. The molecule has 0 fully saturated rings. The van der Waals surface area contributed by atoms with Crippen LogP contribution in [0, 0.1) is 13.8 Å². The Kier molecular flexibility index (Phi) is 5.61. The second-order valence-corrected chi connectivity index (χ2v) is 8.11. The van der Waals surface area contributed by atoms with Gasteiger partial charge in [0, 0.05) is 23.7 Å². The molecule has 3 rings (SSSR count). The minimum atomic E-state index is -0.0584. The average Bonchev–Trinajstić information content (AvgIpc) is 2.99. The molecular formula is C20H22ClN3OS. The van der Waals surface area contributed by atoms with Crippen molar-refractivity contribution in [3.8, 4) is 0 Å². The summed E-state index contributed by atoms with van der Waals surface area (Å²) in [7, 11) is 3.99. The maximum Gasteiger partial charge on any atom is 0.260 e. The molecule has 0 spiro atoms. The second-order valence-electron chi connectivity index (χ2n) is 6.69. The number of amides is 1. The fourth-order valence-corrected chi connectivity index (χ4v) is 3.98. The third-order valence-corrected chi connectivity index (χ3v) is 5.63. The number of carbonyl (C=O) groups is 1. The summed E-state index contributed by atoms with van der Waals surface area (Å²) in [6, 6.07) is 11.2. The Morgan fingerprint density at radius 2 is 1.81 bits per heavy atom. The van der Waals surface area contributed by atoms with Crippen LogP contribution in [0.2, 0.25) is 5.02 Å². The number of aryl methyl sites for hydroxylation is 2. The van der Waals surface area contributed by atoms with E-state index in [0.717, 1.165) is 21.9 Å². The number of hydrogen-bond donors (Lipinski definition) is 0. The number of aromatic nitrogens is 1. The lowest BCUT2D eigenvalue weighted by Crippen LogP contribution is -2.36. The Morgan fingerprint density at radius 1 is 1.12 bits per heavy atom. The van der Waals surface area contributed by atoms with Crippen LogP contribution in [0.4, 0.5) is 5.13 Å². The van der Waals surface area contributed by atoms with Gasteiger partial charge in [-0.3, -0.25) is 9.69 Å². The number of halogens is 1. The zero-order valence-electron chi connectivity index (χ0n) is 15.4. The molecule has 1 aromatic heterocycles. The quantitative estimate of drug-likeness (QED) is 0.632. The maximum atomic E-state index is 13.1. The first-order chi connectivity index (χ1) is 12.3. The molecule has 0 aliphatic rings. The van der Waals surface area contributed by atoms with Crippen molar-refractivity contribution < 1.29 is 4.79 Å². The summed E-state index contributed by atoms with van der Waals surface area (Å²) in [5.74, 6) is -0.0584. The van der Waals surface area contributed by atoms with E-state index < -0.39 is 0 Å². The Labute approximate surface area is 163 Å². The molecule has 3 aromatic rings. The second kappa shape index (κ2) is 7.74. The van der Waals surface area contributed by atoms with E-state index in [1.807, 2.05) is 14.1 Å². The topological polar surface area (TPSA) is 36.4 Å². The minimum absolute atomic E-state index is 0.0584. The first kappa shape index (κ1) is 18.8. The van der Waals surface area contributed by atoms with Crippen molar-refractivity contribution in [2.24, 2.45) is 0 Å². The van der Waals surface area contributed by atoms with E-state index in [1.54, 1.807) is 40.5 Å². The van der Waals surface area contributed by atoms with Crippen LogP contribution in [0.1, 0.15) is 21.5 Å². The van der Waals surface area contributed by atoms with Crippen LogP contribution in [0.25, 0.3) is 10.2 Å². The van der Waals surface area contributed by atoms with E-state index in [4.69, 9.17) is 16.6 Å². The molecule has 136 valence electrons. The monoisotopic (exact) mass is 387 g/mol. The van der Waals surface area contributed by atoms with E-state index in [0.29, 0.717) is 17.1 Å². The molecule has 26 heavy (non-hydrogen) atoms. The van der Waals surface area contributed by atoms with E-state index in [9.17, 15) is 4.79 Å². The highest BCUT2D eigenvalue weighted by Crippen LogP contribution is 2.32. The molecule has 0 atom stereocenters. The van der Waals surface area contributed by atoms with Gasteiger partial charge in [0.25, 0.3) is 5.91 Å². The number of benzene rings is 2. The minimum Gasteiger partial charge on any atom is -0.308 e. The van der Waals surface area contributed by atoms with E-state index in [1.165, 1.54) is 11.1 Å². The smallest absolute Gasteiger partial charge is 0.260 e. The van der Waals surface area contributed by atoms with Crippen molar-refractivity contribution >= 4 is 44.2 Å². The van der Waals surface area contributed by atoms with E-state index >= 15 is 0 Å². The van der Waals surface area contributed by atoms with Gasteiger partial charge < -0.3 is 4.90 Å². The average molecular weight is 388 g/mol. The number of likely N-dealkylation sites (N-methyl/N-ethyl adjacent to an activating group) is 1. The van der Waals surface area contributed by atoms with Crippen LogP contribution in [0.3, 0.4) is 0 Å². The number of rotatable bonds is 5. The molecule has 0 radical (unpaired) electrons. The molecule has 6 heteroatoms. The molecule has 0 N–H and O–H groups in total. The summed E-state index contributed by atoms with van der Waals surface area (Å²) in [6.45, 7) is 5.48. The lowest BCUT2D eigenvalue weighted by atomic mass is 10.1. The van der Waals surface area contributed by atoms with Crippen molar-refractivity contribution in [3.63, 3.8) is 0 Å². The molecule has 2 aromatic carbocycles. The molecule has 0 aliphatic heterocycles. The van der Waals surface area contributed by atoms with Gasteiger partial charge in [-0.2, -0.15) is 0 Å². The number of thiazole rings is 1. The van der Waals surface area contributed by atoms with Crippen molar-refractivity contribution in [2.75, 3.05) is 32.1 Å². The van der Waals surface area contributed by atoms with Crippen LogP contribution in [-0.4, -0.2) is 43.0 Å². The number of fused-ring (bicyclic) bond motifs is 1. The first-order valence-corrected chi connectivity index (χ1v) is 9.64. The summed E-state index contributed by atoms with van der Waals surface area (Å²) in [5, 5.41) is 1.35. The van der Waals surface area contributed by atoms with Crippen molar-refractivity contribution in [2.45, 2.75) is 13.8 Å². The normalized spacial score (nSPS) is 11.3. The van der Waals surface area contributed by atoms with Gasteiger partial charge in [-0.15, -0.1) is 0 Å². The summed E-state index contributed by atoms with van der Waals surface area (Å²) in [5.41, 5.74) is 3.92. The van der Waals surface area contributed by atoms with Crippen LogP contribution in [0.5, 0.6) is 0 Å². The van der Waals surface area contributed by atoms with Gasteiger partial charge in [0.2, 0.25) is 0 Å². The van der Waals surface area contributed by atoms with Crippen LogP contribution in [0.15, 0.2) is 36.4 Å². The lowest BCUT2D eigenvalue weighted by molar-refractivity contribution is 0.0985. The van der Waals surface area contributed by atoms with Crippen molar-refractivity contribution in [1.29, 1.82) is 0 Å².